The van der Waals surface area contributed by atoms with E-state index in [1.54, 1.807) is 7.11 Å². The van der Waals surface area contributed by atoms with Crippen LogP contribution in [0.2, 0.25) is 0 Å². The molecule has 0 amide bonds. The van der Waals surface area contributed by atoms with E-state index >= 15 is 0 Å². The predicted molar refractivity (Wildman–Crippen MR) is 63.7 cm³/mol. The van der Waals surface area contributed by atoms with Crippen molar-refractivity contribution in [3.8, 4) is 0 Å². The molecule has 16 heavy (non-hydrogen) atoms. The van der Waals surface area contributed by atoms with E-state index < -0.39 is 0 Å². The molecule has 0 aromatic carbocycles. The molecule has 0 bridgehead atoms. The molecule has 1 saturated heterocycles. The molecular weight excluding hydrogens is 204 g/mol. The lowest BCUT2D eigenvalue weighted by molar-refractivity contribution is 0.00841. The Hall–Kier alpha value is -0.160. The number of rotatable bonds is 5. The monoisotopic (exact) mass is 228 g/mol. The van der Waals surface area contributed by atoms with Gasteiger partial charge in [-0.3, -0.25) is 4.90 Å². The first-order chi connectivity index (χ1) is 7.78. The Morgan fingerprint density at radius 3 is 2.69 bits per heavy atom. The van der Waals surface area contributed by atoms with Gasteiger partial charge < -0.3 is 14.8 Å². The summed E-state index contributed by atoms with van der Waals surface area (Å²) in [5.41, 5.74) is 0. The lowest BCUT2D eigenvalue weighted by Crippen LogP contribution is -2.52. The second-order valence-corrected chi connectivity index (χ2v) is 5.01. The van der Waals surface area contributed by atoms with Crippen LogP contribution in [0.5, 0.6) is 0 Å². The van der Waals surface area contributed by atoms with Gasteiger partial charge in [-0.2, -0.15) is 0 Å². The summed E-state index contributed by atoms with van der Waals surface area (Å²) < 4.78 is 10.6. The third-order valence-corrected chi connectivity index (χ3v) is 3.58. The van der Waals surface area contributed by atoms with Crippen molar-refractivity contribution in [2.75, 3.05) is 40.0 Å². The Kier molecular flexibility index (Phi) is 4.58. The molecule has 4 nitrogen and oxygen atoms in total. The lowest BCUT2D eigenvalue weighted by Gasteiger charge is -2.38. The molecule has 1 aliphatic heterocycles. The fourth-order valence-corrected chi connectivity index (χ4v) is 2.52. The minimum atomic E-state index is 0.494. The molecule has 0 aromatic heterocycles. The zero-order valence-electron chi connectivity index (χ0n) is 10.4. The third kappa shape index (κ3) is 3.42. The van der Waals surface area contributed by atoms with E-state index in [2.05, 4.69) is 17.1 Å². The van der Waals surface area contributed by atoms with Crippen molar-refractivity contribution in [2.45, 2.75) is 38.0 Å². The Labute approximate surface area is 98.3 Å². The molecule has 1 unspecified atom stereocenters. The summed E-state index contributed by atoms with van der Waals surface area (Å²) in [7, 11) is 1.80. The Morgan fingerprint density at radius 2 is 2.06 bits per heavy atom. The second-order valence-electron chi connectivity index (χ2n) is 5.01. The van der Waals surface area contributed by atoms with Crippen molar-refractivity contribution in [2.24, 2.45) is 0 Å². The van der Waals surface area contributed by atoms with Crippen LogP contribution in [0.1, 0.15) is 19.8 Å². The predicted octanol–water partition coefficient (Wildman–Crippen LogP) is 0.474. The van der Waals surface area contributed by atoms with Crippen LogP contribution in [-0.2, 0) is 9.47 Å². The van der Waals surface area contributed by atoms with Gasteiger partial charge in [-0.05, 0) is 19.8 Å². The smallest absolute Gasteiger partial charge is 0.0601 e. The Bertz CT molecular complexity index is 201. The molecule has 4 heteroatoms. The van der Waals surface area contributed by atoms with E-state index in [1.807, 2.05) is 0 Å². The third-order valence-electron chi connectivity index (χ3n) is 3.58. The largest absolute Gasteiger partial charge is 0.381 e. The molecule has 2 fully saturated rings. The van der Waals surface area contributed by atoms with E-state index in [9.17, 15) is 0 Å². The number of hydrogen-bond donors (Lipinski definition) is 1. The van der Waals surface area contributed by atoms with Crippen LogP contribution in [0.3, 0.4) is 0 Å². The maximum Gasteiger partial charge on any atom is 0.0601 e. The number of nitrogens with zero attached hydrogens (tertiary/aromatic N) is 1. The highest BCUT2D eigenvalue weighted by molar-refractivity contribution is 4.88. The number of methoxy groups -OCH3 is 1. The quantitative estimate of drug-likeness (QED) is 0.742. The summed E-state index contributed by atoms with van der Waals surface area (Å²) in [4.78, 5) is 2.48. The molecule has 1 N–H and O–H groups in total. The van der Waals surface area contributed by atoms with Gasteiger partial charge in [0.1, 0.15) is 0 Å². The minimum Gasteiger partial charge on any atom is -0.381 e. The van der Waals surface area contributed by atoms with E-state index in [4.69, 9.17) is 9.47 Å². The van der Waals surface area contributed by atoms with Crippen molar-refractivity contribution in [1.82, 2.24) is 10.2 Å². The molecule has 94 valence electrons. The van der Waals surface area contributed by atoms with Crippen molar-refractivity contribution >= 4 is 0 Å². The Morgan fingerprint density at radius 1 is 1.38 bits per heavy atom. The summed E-state index contributed by atoms with van der Waals surface area (Å²) in [6.45, 7) is 7.35. The topological polar surface area (TPSA) is 33.7 Å². The average molecular weight is 228 g/mol. The van der Waals surface area contributed by atoms with Crippen LogP contribution in [0.25, 0.3) is 0 Å². The van der Waals surface area contributed by atoms with Crippen LogP contribution in [0.15, 0.2) is 0 Å². The van der Waals surface area contributed by atoms with E-state index in [0.29, 0.717) is 18.2 Å². The summed E-state index contributed by atoms with van der Waals surface area (Å²) in [6, 6.07) is 1.24. The first-order valence-electron chi connectivity index (χ1n) is 6.37. The zero-order chi connectivity index (χ0) is 11.4. The number of ether oxygens (including phenoxy) is 2. The molecule has 1 saturated carbocycles. The molecule has 0 aromatic rings. The molecule has 0 radical (unpaired) electrons. The van der Waals surface area contributed by atoms with Gasteiger partial charge in [0.2, 0.25) is 0 Å². The van der Waals surface area contributed by atoms with Crippen molar-refractivity contribution in [1.29, 1.82) is 0 Å². The van der Waals surface area contributed by atoms with Gasteiger partial charge in [0.25, 0.3) is 0 Å². The van der Waals surface area contributed by atoms with Gasteiger partial charge >= 0.3 is 0 Å². The van der Waals surface area contributed by atoms with Crippen molar-refractivity contribution in [3.63, 3.8) is 0 Å². The lowest BCUT2D eigenvalue weighted by atomic mass is 9.89. The number of morpholine rings is 1. The van der Waals surface area contributed by atoms with Crippen LogP contribution in [0.4, 0.5) is 0 Å². The van der Waals surface area contributed by atoms with Crippen LogP contribution < -0.4 is 5.32 Å². The summed E-state index contributed by atoms with van der Waals surface area (Å²) >= 11 is 0. The highest BCUT2D eigenvalue weighted by Crippen LogP contribution is 2.22. The van der Waals surface area contributed by atoms with Gasteiger partial charge in [0.05, 0.1) is 19.3 Å². The maximum atomic E-state index is 5.34. The van der Waals surface area contributed by atoms with Crippen LogP contribution >= 0.6 is 0 Å². The molecular formula is C12H24N2O2. The minimum absolute atomic E-state index is 0.494. The molecule has 1 aliphatic carbocycles. The highest BCUT2D eigenvalue weighted by Gasteiger charge is 2.29. The Balaban J connectivity index is 1.59. The fraction of sp³-hybridized carbons (Fsp3) is 1.00. The fourth-order valence-electron chi connectivity index (χ4n) is 2.52. The van der Waals surface area contributed by atoms with Crippen molar-refractivity contribution < 1.29 is 9.47 Å². The van der Waals surface area contributed by atoms with Gasteiger partial charge in [-0.1, -0.05) is 0 Å². The number of nitrogens with one attached hydrogen (secondary N) is 1. The summed E-state index contributed by atoms with van der Waals surface area (Å²) in [5.74, 6) is 0. The molecule has 2 aliphatic rings. The van der Waals surface area contributed by atoms with Gasteiger partial charge in [0, 0.05) is 38.8 Å². The zero-order valence-corrected chi connectivity index (χ0v) is 10.4. The first-order valence-corrected chi connectivity index (χ1v) is 6.37. The number of hydrogen-bond acceptors (Lipinski definition) is 4. The molecule has 1 atom stereocenters. The van der Waals surface area contributed by atoms with Crippen LogP contribution in [-0.4, -0.2) is 63.0 Å². The first kappa shape index (κ1) is 12.3. The average Bonchev–Trinajstić information content (AvgIpc) is 2.24. The molecule has 0 spiro atoms. The highest BCUT2D eigenvalue weighted by atomic mass is 16.5. The standard InChI is InChI=1S/C12H24N2O2/c1-10(9-14-3-5-16-6-4-14)13-11-7-12(8-11)15-2/h10-13H,3-9H2,1-2H3. The van der Waals surface area contributed by atoms with Gasteiger partial charge in [-0.15, -0.1) is 0 Å². The molecule has 2 rings (SSSR count). The van der Waals surface area contributed by atoms with Crippen LogP contribution in [0, 0.1) is 0 Å². The summed E-state index contributed by atoms with van der Waals surface area (Å²) in [5, 5.41) is 3.67. The van der Waals surface area contributed by atoms with Gasteiger partial charge in [0.15, 0.2) is 0 Å². The molecule has 1 heterocycles. The van der Waals surface area contributed by atoms with E-state index in [1.165, 1.54) is 12.8 Å². The second kappa shape index (κ2) is 5.96. The normalized spacial score (nSPS) is 33.4. The van der Waals surface area contributed by atoms with E-state index in [0.717, 1.165) is 32.8 Å². The SMILES string of the molecule is COC1CC(NC(C)CN2CCOCC2)C1. The van der Waals surface area contributed by atoms with Gasteiger partial charge in [-0.25, -0.2) is 0 Å². The van der Waals surface area contributed by atoms with E-state index in [-0.39, 0.29) is 0 Å². The van der Waals surface area contributed by atoms with Crippen molar-refractivity contribution in [3.05, 3.63) is 0 Å². The summed E-state index contributed by atoms with van der Waals surface area (Å²) in [6.07, 6.45) is 2.83. The maximum absolute atomic E-state index is 5.34.